The summed E-state index contributed by atoms with van der Waals surface area (Å²) in [5.74, 6) is -0.368. The van der Waals surface area contributed by atoms with E-state index in [4.69, 9.17) is 0 Å². The zero-order valence-electron chi connectivity index (χ0n) is 17.0. The van der Waals surface area contributed by atoms with Crippen molar-refractivity contribution < 1.29 is 9.18 Å². The van der Waals surface area contributed by atoms with Crippen molar-refractivity contribution in [3.8, 4) is 0 Å². The van der Waals surface area contributed by atoms with E-state index in [-0.39, 0.29) is 18.3 Å². The van der Waals surface area contributed by atoms with Crippen molar-refractivity contribution in [3.05, 3.63) is 53.8 Å². The lowest BCUT2D eigenvalue weighted by Crippen LogP contribution is -2.46. The number of aryl methyl sites for hydroxylation is 1. The average molecular weight is 397 g/mol. The second-order valence-corrected chi connectivity index (χ2v) is 7.79. The molecule has 2 aromatic rings. The number of anilines is 3. The Bertz CT molecular complexity index is 846. The number of carbonyl (C=O) groups excluding carboxylic acids is 1. The molecule has 4 rings (SSSR count). The molecule has 0 spiro atoms. The van der Waals surface area contributed by atoms with Crippen molar-refractivity contribution in [2.24, 2.45) is 0 Å². The Kier molecular flexibility index (Phi) is 6.00. The van der Waals surface area contributed by atoms with Crippen molar-refractivity contribution >= 4 is 23.0 Å². The number of amides is 1. The van der Waals surface area contributed by atoms with E-state index in [1.54, 1.807) is 6.07 Å². The van der Waals surface area contributed by atoms with Gasteiger partial charge in [-0.25, -0.2) is 4.39 Å². The number of hydrogen-bond donors (Lipinski definition) is 1. The fourth-order valence-electron chi connectivity index (χ4n) is 4.30. The van der Waals surface area contributed by atoms with E-state index in [2.05, 4.69) is 34.2 Å². The number of rotatable bonds is 5. The number of halogens is 1. The summed E-state index contributed by atoms with van der Waals surface area (Å²) in [5.41, 5.74) is 3.52. The number of likely N-dealkylation sites (N-methyl/N-ethyl adjacent to an activating group) is 1. The number of nitrogens with one attached hydrogen (secondary N) is 1. The summed E-state index contributed by atoms with van der Waals surface area (Å²) in [6.07, 6.45) is 1.79. The fourth-order valence-corrected chi connectivity index (χ4v) is 4.30. The topological polar surface area (TPSA) is 38.8 Å². The zero-order chi connectivity index (χ0) is 20.2. The second kappa shape index (κ2) is 8.82. The molecule has 0 bridgehead atoms. The molecule has 1 N–H and O–H groups in total. The second-order valence-electron chi connectivity index (χ2n) is 7.79. The molecule has 0 unspecified atom stereocenters. The summed E-state index contributed by atoms with van der Waals surface area (Å²) in [4.78, 5) is 19.2. The van der Waals surface area contributed by atoms with Gasteiger partial charge >= 0.3 is 0 Å². The van der Waals surface area contributed by atoms with Gasteiger partial charge in [0, 0.05) is 44.1 Å². The minimum atomic E-state index is -0.248. The minimum absolute atomic E-state index is 0.120. The van der Waals surface area contributed by atoms with Crippen LogP contribution in [0.5, 0.6) is 0 Å². The van der Waals surface area contributed by atoms with Crippen LogP contribution in [-0.2, 0) is 11.2 Å². The van der Waals surface area contributed by atoms with E-state index >= 15 is 0 Å². The van der Waals surface area contributed by atoms with Gasteiger partial charge in [-0.05, 0) is 55.3 Å². The molecule has 0 aliphatic carbocycles. The molecule has 0 radical (unpaired) electrons. The van der Waals surface area contributed by atoms with Gasteiger partial charge in [-0.2, -0.15) is 0 Å². The summed E-state index contributed by atoms with van der Waals surface area (Å²) in [6.45, 7) is 8.39. The van der Waals surface area contributed by atoms with Gasteiger partial charge < -0.3 is 20.0 Å². The molecule has 2 aromatic carbocycles. The van der Waals surface area contributed by atoms with E-state index in [0.717, 1.165) is 56.8 Å². The third kappa shape index (κ3) is 4.53. The molecule has 0 atom stereocenters. The van der Waals surface area contributed by atoms with Gasteiger partial charge in [0.25, 0.3) is 0 Å². The molecular formula is C23H29FN4O. The van der Waals surface area contributed by atoms with Gasteiger partial charge in [0.15, 0.2) is 0 Å². The quantitative estimate of drug-likeness (QED) is 0.841. The maximum atomic E-state index is 14.3. The van der Waals surface area contributed by atoms with Gasteiger partial charge in [-0.3, -0.25) is 4.79 Å². The van der Waals surface area contributed by atoms with E-state index in [1.165, 1.54) is 11.8 Å². The first-order valence-electron chi connectivity index (χ1n) is 10.5. The SMILES string of the molecule is CCN1CCN(c2ccc(NC(=O)CN3CCCc4cccc(F)c43)cc2)CC1. The molecule has 2 aliphatic rings. The smallest absolute Gasteiger partial charge is 0.243 e. The summed E-state index contributed by atoms with van der Waals surface area (Å²) < 4.78 is 14.3. The Balaban J connectivity index is 1.35. The standard InChI is InChI=1S/C23H29FN4O/c1-2-26-13-15-27(16-14-26)20-10-8-19(9-11-20)25-22(29)17-28-12-4-6-18-5-3-7-21(24)23(18)28/h3,5,7-11H,2,4,6,12-17H2,1H3,(H,25,29). The number of benzene rings is 2. The van der Waals surface area contributed by atoms with Crippen LogP contribution < -0.4 is 15.1 Å². The summed E-state index contributed by atoms with van der Waals surface area (Å²) in [5, 5.41) is 2.96. The third-order valence-electron chi connectivity index (χ3n) is 5.93. The average Bonchev–Trinajstić information content (AvgIpc) is 2.74. The Morgan fingerprint density at radius 2 is 1.79 bits per heavy atom. The lowest BCUT2D eigenvalue weighted by molar-refractivity contribution is -0.115. The van der Waals surface area contributed by atoms with Crippen molar-refractivity contribution in [1.82, 2.24) is 4.90 Å². The maximum Gasteiger partial charge on any atom is 0.243 e. The highest BCUT2D eigenvalue weighted by molar-refractivity contribution is 5.94. The van der Waals surface area contributed by atoms with Crippen LogP contribution in [0.3, 0.4) is 0 Å². The van der Waals surface area contributed by atoms with Gasteiger partial charge in [-0.15, -0.1) is 0 Å². The van der Waals surface area contributed by atoms with Crippen molar-refractivity contribution in [2.75, 3.05) is 60.9 Å². The number of carbonyl (C=O) groups is 1. The fraction of sp³-hybridized carbons (Fsp3) is 0.435. The van der Waals surface area contributed by atoms with Gasteiger partial charge in [0.05, 0.1) is 12.2 Å². The summed E-state index contributed by atoms with van der Waals surface area (Å²) in [7, 11) is 0. The molecule has 154 valence electrons. The Hall–Kier alpha value is -2.60. The Morgan fingerprint density at radius 1 is 1.03 bits per heavy atom. The van der Waals surface area contributed by atoms with E-state index in [9.17, 15) is 9.18 Å². The van der Waals surface area contributed by atoms with Crippen LogP contribution in [0, 0.1) is 5.82 Å². The molecular weight excluding hydrogens is 367 g/mol. The highest BCUT2D eigenvalue weighted by atomic mass is 19.1. The first-order chi connectivity index (χ1) is 14.1. The van der Waals surface area contributed by atoms with Crippen molar-refractivity contribution in [2.45, 2.75) is 19.8 Å². The molecule has 1 amide bonds. The predicted molar refractivity (Wildman–Crippen MR) is 116 cm³/mol. The largest absolute Gasteiger partial charge is 0.369 e. The first-order valence-corrected chi connectivity index (χ1v) is 10.5. The molecule has 5 nitrogen and oxygen atoms in total. The molecule has 0 aromatic heterocycles. The van der Waals surface area contributed by atoms with Crippen LogP contribution in [0.2, 0.25) is 0 Å². The predicted octanol–water partition coefficient (Wildman–Crippen LogP) is 3.36. The van der Waals surface area contributed by atoms with E-state index in [0.29, 0.717) is 12.2 Å². The van der Waals surface area contributed by atoms with Gasteiger partial charge in [0.2, 0.25) is 5.91 Å². The number of hydrogen-bond acceptors (Lipinski definition) is 4. The highest BCUT2D eigenvalue weighted by Gasteiger charge is 2.22. The highest BCUT2D eigenvalue weighted by Crippen LogP contribution is 2.29. The molecule has 2 aliphatic heterocycles. The van der Waals surface area contributed by atoms with Gasteiger partial charge in [-0.1, -0.05) is 19.1 Å². The van der Waals surface area contributed by atoms with Crippen LogP contribution in [0.4, 0.5) is 21.5 Å². The van der Waals surface area contributed by atoms with Crippen LogP contribution in [0.15, 0.2) is 42.5 Å². The van der Waals surface area contributed by atoms with Crippen LogP contribution in [-0.4, -0.2) is 56.6 Å². The van der Waals surface area contributed by atoms with Crippen LogP contribution in [0.1, 0.15) is 18.9 Å². The normalized spacial score (nSPS) is 17.2. The van der Waals surface area contributed by atoms with Crippen LogP contribution >= 0.6 is 0 Å². The molecule has 1 fully saturated rings. The number of fused-ring (bicyclic) bond motifs is 1. The monoisotopic (exact) mass is 396 g/mol. The van der Waals surface area contributed by atoms with Crippen molar-refractivity contribution in [1.29, 1.82) is 0 Å². The maximum absolute atomic E-state index is 14.3. The van der Waals surface area contributed by atoms with E-state index < -0.39 is 0 Å². The summed E-state index contributed by atoms with van der Waals surface area (Å²) in [6, 6.07) is 13.2. The van der Waals surface area contributed by atoms with Crippen molar-refractivity contribution in [3.63, 3.8) is 0 Å². The van der Waals surface area contributed by atoms with E-state index in [1.807, 2.05) is 23.1 Å². The molecule has 2 heterocycles. The van der Waals surface area contributed by atoms with Gasteiger partial charge in [0.1, 0.15) is 5.82 Å². The summed E-state index contributed by atoms with van der Waals surface area (Å²) >= 11 is 0. The van der Waals surface area contributed by atoms with Crippen LogP contribution in [0.25, 0.3) is 0 Å². The molecule has 6 heteroatoms. The Morgan fingerprint density at radius 3 is 2.52 bits per heavy atom. The zero-order valence-corrected chi connectivity index (χ0v) is 17.0. The molecule has 29 heavy (non-hydrogen) atoms. The number of nitrogens with zero attached hydrogens (tertiary/aromatic N) is 3. The first kappa shape index (κ1) is 19.7. The third-order valence-corrected chi connectivity index (χ3v) is 5.93. The lowest BCUT2D eigenvalue weighted by Gasteiger charge is -2.35. The lowest BCUT2D eigenvalue weighted by atomic mass is 10.0. The Labute approximate surface area is 172 Å². The number of piperazine rings is 1. The number of para-hydroxylation sites is 1. The molecule has 0 saturated carbocycles. The minimum Gasteiger partial charge on any atom is -0.369 e. The molecule has 1 saturated heterocycles.